The molecule has 1 unspecified atom stereocenters. The second-order valence-corrected chi connectivity index (χ2v) is 10.0. The van der Waals surface area contributed by atoms with E-state index in [1.807, 2.05) is 4.90 Å². The third-order valence-electron chi connectivity index (χ3n) is 7.95. The van der Waals surface area contributed by atoms with Gasteiger partial charge in [0, 0.05) is 24.8 Å². The lowest BCUT2D eigenvalue weighted by Crippen LogP contribution is -2.56. The molecule has 160 valence electrons. The Labute approximate surface area is 177 Å². The number of nitrogens with one attached hydrogen (secondary N) is 2. The summed E-state index contributed by atoms with van der Waals surface area (Å²) in [5.41, 5.74) is 1.00. The highest BCUT2D eigenvalue weighted by molar-refractivity contribution is 5.99. The molecule has 5 fully saturated rings. The number of anilines is 1. The fourth-order valence-corrected chi connectivity index (χ4v) is 7.03. The Balaban J connectivity index is 1.28. The van der Waals surface area contributed by atoms with Crippen LogP contribution in [-0.2, 0) is 9.59 Å². The van der Waals surface area contributed by atoms with Crippen molar-refractivity contribution in [3.63, 3.8) is 0 Å². The molecule has 6 rings (SSSR count). The summed E-state index contributed by atoms with van der Waals surface area (Å²) in [6.07, 6.45) is 8.62. The zero-order valence-electron chi connectivity index (χ0n) is 17.7. The number of nitrogens with zero attached hydrogens (tertiary/aromatic N) is 1. The smallest absolute Gasteiger partial charge is 0.251 e. The van der Waals surface area contributed by atoms with E-state index in [4.69, 9.17) is 0 Å². The standard InChI is InChI=1S/C24H31N3O3/c1-25-21(28)18-4-6-19(7-5-18)26-22(29)20-3-2-8-27(20)23(30)24-12-15-9-16(13-24)11-17(10-15)14-24/h4-7,15-17,20H,2-3,8-14H2,1H3,(H,25,28)(H,26,29). The molecule has 6 heteroatoms. The number of carbonyl (C=O) groups excluding carboxylic acids is 3. The van der Waals surface area contributed by atoms with Crippen LogP contribution in [0.1, 0.15) is 61.7 Å². The lowest BCUT2D eigenvalue weighted by atomic mass is 9.49. The Morgan fingerprint density at radius 3 is 2.13 bits per heavy atom. The fourth-order valence-electron chi connectivity index (χ4n) is 7.03. The van der Waals surface area contributed by atoms with Crippen molar-refractivity contribution in [2.45, 2.75) is 57.4 Å². The van der Waals surface area contributed by atoms with Crippen LogP contribution in [0.2, 0.25) is 0 Å². The van der Waals surface area contributed by atoms with Gasteiger partial charge in [-0.15, -0.1) is 0 Å². The van der Waals surface area contributed by atoms with Crippen molar-refractivity contribution >= 4 is 23.4 Å². The van der Waals surface area contributed by atoms with Gasteiger partial charge in [0.05, 0.1) is 5.41 Å². The normalized spacial score (nSPS) is 34.1. The van der Waals surface area contributed by atoms with Gasteiger partial charge in [-0.05, 0) is 93.4 Å². The monoisotopic (exact) mass is 409 g/mol. The Morgan fingerprint density at radius 2 is 1.57 bits per heavy atom. The lowest BCUT2D eigenvalue weighted by molar-refractivity contribution is -0.160. The maximum absolute atomic E-state index is 13.7. The zero-order valence-corrected chi connectivity index (χ0v) is 17.7. The molecule has 1 aromatic rings. The first-order valence-electron chi connectivity index (χ1n) is 11.4. The number of carbonyl (C=O) groups is 3. The van der Waals surface area contributed by atoms with Gasteiger partial charge in [-0.25, -0.2) is 0 Å². The van der Waals surface area contributed by atoms with Crippen LogP contribution in [-0.4, -0.2) is 42.3 Å². The summed E-state index contributed by atoms with van der Waals surface area (Å²) in [5, 5.41) is 5.55. The van der Waals surface area contributed by atoms with Crippen LogP contribution in [0.3, 0.4) is 0 Å². The first-order chi connectivity index (χ1) is 14.5. The van der Waals surface area contributed by atoms with Crippen LogP contribution in [0.4, 0.5) is 5.69 Å². The summed E-state index contributed by atoms with van der Waals surface area (Å²) < 4.78 is 0. The summed E-state index contributed by atoms with van der Waals surface area (Å²) in [5.74, 6) is 2.13. The fraction of sp³-hybridized carbons (Fsp3) is 0.625. The van der Waals surface area contributed by atoms with E-state index >= 15 is 0 Å². The molecule has 3 amide bonds. The van der Waals surface area contributed by atoms with Crippen molar-refractivity contribution in [2.75, 3.05) is 18.9 Å². The Bertz CT molecular complexity index is 828. The molecule has 0 spiro atoms. The van der Waals surface area contributed by atoms with Crippen molar-refractivity contribution in [3.8, 4) is 0 Å². The van der Waals surface area contributed by atoms with Crippen LogP contribution in [0.25, 0.3) is 0 Å². The van der Waals surface area contributed by atoms with Crippen LogP contribution in [0.15, 0.2) is 24.3 Å². The molecular formula is C24H31N3O3. The number of benzene rings is 1. The Kier molecular flexibility index (Phi) is 4.83. The molecule has 1 atom stereocenters. The van der Waals surface area contributed by atoms with Gasteiger partial charge >= 0.3 is 0 Å². The molecule has 1 aliphatic heterocycles. The van der Waals surface area contributed by atoms with Crippen LogP contribution in [0, 0.1) is 23.2 Å². The van der Waals surface area contributed by atoms with Gasteiger partial charge in [0.15, 0.2) is 0 Å². The van der Waals surface area contributed by atoms with E-state index in [1.54, 1.807) is 31.3 Å². The highest BCUT2D eigenvalue weighted by atomic mass is 16.2. The molecule has 1 aromatic carbocycles. The molecule has 4 bridgehead atoms. The third kappa shape index (κ3) is 3.30. The van der Waals surface area contributed by atoms with E-state index in [1.165, 1.54) is 19.3 Å². The minimum atomic E-state index is -0.385. The molecular weight excluding hydrogens is 378 g/mol. The minimum absolute atomic E-state index is 0.113. The van der Waals surface area contributed by atoms with E-state index < -0.39 is 0 Å². The summed E-state index contributed by atoms with van der Waals surface area (Å²) >= 11 is 0. The topological polar surface area (TPSA) is 78.5 Å². The molecule has 30 heavy (non-hydrogen) atoms. The number of likely N-dealkylation sites (tertiary alicyclic amines) is 1. The quantitative estimate of drug-likeness (QED) is 0.802. The van der Waals surface area contributed by atoms with E-state index in [-0.39, 0.29) is 29.2 Å². The van der Waals surface area contributed by atoms with Gasteiger partial charge in [0.1, 0.15) is 6.04 Å². The molecule has 4 saturated carbocycles. The molecule has 1 heterocycles. The van der Waals surface area contributed by atoms with Crippen LogP contribution >= 0.6 is 0 Å². The first-order valence-corrected chi connectivity index (χ1v) is 11.4. The second-order valence-electron chi connectivity index (χ2n) is 10.0. The van der Waals surface area contributed by atoms with Gasteiger partial charge in [-0.1, -0.05) is 0 Å². The van der Waals surface area contributed by atoms with E-state index in [0.29, 0.717) is 35.5 Å². The van der Waals surface area contributed by atoms with E-state index in [2.05, 4.69) is 10.6 Å². The summed E-state index contributed by atoms with van der Waals surface area (Å²) in [6.45, 7) is 0.689. The van der Waals surface area contributed by atoms with Crippen molar-refractivity contribution in [1.29, 1.82) is 0 Å². The lowest BCUT2D eigenvalue weighted by Gasteiger charge is -2.56. The highest BCUT2D eigenvalue weighted by Crippen LogP contribution is 2.60. The van der Waals surface area contributed by atoms with Crippen LogP contribution in [0.5, 0.6) is 0 Å². The maximum Gasteiger partial charge on any atom is 0.251 e. The molecule has 5 aliphatic rings. The maximum atomic E-state index is 13.7. The SMILES string of the molecule is CNC(=O)c1ccc(NC(=O)C2CCCN2C(=O)C23CC4CC(CC(C4)C2)C3)cc1. The molecule has 0 radical (unpaired) electrons. The molecule has 6 nitrogen and oxygen atoms in total. The number of hydrogen-bond donors (Lipinski definition) is 2. The molecule has 0 aromatic heterocycles. The second kappa shape index (κ2) is 7.40. The molecule has 1 saturated heterocycles. The van der Waals surface area contributed by atoms with Crippen molar-refractivity contribution in [3.05, 3.63) is 29.8 Å². The first kappa shape index (κ1) is 19.6. The summed E-state index contributed by atoms with van der Waals surface area (Å²) in [7, 11) is 1.59. The molecule has 2 N–H and O–H groups in total. The van der Waals surface area contributed by atoms with Gasteiger partial charge < -0.3 is 15.5 Å². The highest BCUT2D eigenvalue weighted by Gasteiger charge is 2.56. The molecule has 4 aliphatic carbocycles. The van der Waals surface area contributed by atoms with E-state index in [0.717, 1.165) is 32.1 Å². The van der Waals surface area contributed by atoms with E-state index in [9.17, 15) is 14.4 Å². The van der Waals surface area contributed by atoms with Crippen LogP contribution < -0.4 is 10.6 Å². The van der Waals surface area contributed by atoms with Crippen molar-refractivity contribution < 1.29 is 14.4 Å². The number of hydrogen-bond acceptors (Lipinski definition) is 3. The predicted molar refractivity (Wildman–Crippen MR) is 114 cm³/mol. The van der Waals surface area contributed by atoms with Crippen molar-refractivity contribution in [1.82, 2.24) is 10.2 Å². The average molecular weight is 410 g/mol. The third-order valence-corrected chi connectivity index (χ3v) is 7.95. The number of rotatable bonds is 4. The Morgan fingerprint density at radius 1 is 0.967 bits per heavy atom. The minimum Gasteiger partial charge on any atom is -0.355 e. The van der Waals surface area contributed by atoms with Crippen molar-refractivity contribution in [2.24, 2.45) is 23.2 Å². The number of amides is 3. The Hall–Kier alpha value is -2.37. The van der Waals surface area contributed by atoms with Gasteiger partial charge in [0.2, 0.25) is 11.8 Å². The largest absolute Gasteiger partial charge is 0.355 e. The van der Waals surface area contributed by atoms with Gasteiger partial charge in [-0.2, -0.15) is 0 Å². The zero-order chi connectivity index (χ0) is 20.9. The summed E-state index contributed by atoms with van der Waals surface area (Å²) in [6, 6.07) is 6.48. The summed E-state index contributed by atoms with van der Waals surface area (Å²) in [4.78, 5) is 40.4. The predicted octanol–water partition coefficient (Wildman–Crippen LogP) is 3.19. The van der Waals surface area contributed by atoms with Gasteiger partial charge in [-0.3, -0.25) is 14.4 Å². The van der Waals surface area contributed by atoms with Gasteiger partial charge in [0.25, 0.3) is 5.91 Å². The average Bonchev–Trinajstić information content (AvgIpc) is 3.22.